The van der Waals surface area contributed by atoms with Crippen molar-refractivity contribution in [3.8, 4) is 0 Å². The third-order valence-electron chi connectivity index (χ3n) is 6.11. The molecule has 0 aromatic carbocycles. The number of carbonyl (C=O) groups is 2. The Morgan fingerprint density at radius 1 is 1.14 bits per heavy atom. The number of hydrogen-bond donors (Lipinski definition) is 0. The molecule has 2 amide bonds. The molecule has 160 valence electrons. The Hall–Kier alpha value is -2.11. The van der Waals surface area contributed by atoms with Gasteiger partial charge in [-0.25, -0.2) is 4.79 Å². The minimum absolute atomic E-state index is 0.134. The maximum atomic E-state index is 13.0. The van der Waals surface area contributed by atoms with Crippen molar-refractivity contribution in [1.82, 2.24) is 14.8 Å². The summed E-state index contributed by atoms with van der Waals surface area (Å²) in [6, 6.07) is 4.12. The first-order valence-electron chi connectivity index (χ1n) is 10.9. The van der Waals surface area contributed by atoms with Gasteiger partial charge in [-0.2, -0.15) is 0 Å². The lowest BCUT2D eigenvalue weighted by molar-refractivity contribution is -0.135. The highest BCUT2D eigenvalue weighted by molar-refractivity contribution is 5.79. The number of ether oxygens (including phenoxy) is 1. The molecule has 1 aromatic rings. The molecule has 1 aliphatic carbocycles. The Morgan fingerprint density at radius 2 is 1.79 bits per heavy atom. The largest absolute Gasteiger partial charge is 0.444 e. The van der Waals surface area contributed by atoms with Gasteiger partial charge >= 0.3 is 6.09 Å². The predicted molar refractivity (Wildman–Crippen MR) is 112 cm³/mol. The van der Waals surface area contributed by atoms with E-state index in [1.54, 1.807) is 11.9 Å². The number of nitrogens with zero attached hydrogens (tertiary/aromatic N) is 3. The molecule has 0 bridgehead atoms. The molecule has 1 saturated carbocycles. The average Bonchev–Trinajstić information content (AvgIpc) is 3.17. The molecular weight excluding hydrogens is 366 g/mol. The van der Waals surface area contributed by atoms with Gasteiger partial charge in [-0.3, -0.25) is 9.78 Å². The first kappa shape index (κ1) is 21.6. The summed E-state index contributed by atoms with van der Waals surface area (Å²) in [5, 5.41) is 0. The first-order valence-corrected chi connectivity index (χ1v) is 10.9. The van der Waals surface area contributed by atoms with E-state index >= 15 is 0 Å². The number of hydrogen-bond acceptors (Lipinski definition) is 4. The Morgan fingerprint density at radius 3 is 2.41 bits per heavy atom. The Bertz CT molecular complexity index is 693. The molecule has 6 nitrogen and oxygen atoms in total. The van der Waals surface area contributed by atoms with Gasteiger partial charge in [0.15, 0.2) is 0 Å². The van der Waals surface area contributed by atoms with Crippen molar-refractivity contribution in [3.63, 3.8) is 0 Å². The topological polar surface area (TPSA) is 62.7 Å². The number of pyridine rings is 1. The van der Waals surface area contributed by atoms with E-state index in [1.807, 2.05) is 33.2 Å². The highest BCUT2D eigenvalue weighted by Gasteiger charge is 2.34. The minimum atomic E-state index is -0.473. The van der Waals surface area contributed by atoms with E-state index in [9.17, 15) is 9.59 Å². The van der Waals surface area contributed by atoms with Crippen LogP contribution in [0.15, 0.2) is 24.5 Å². The quantitative estimate of drug-likeness (QED) is 0.763. The highest BCUT2D eigenvalue weighted by Crippen LogP contribution is 2.33. The average molecular weight is 402 g/mol. The molecule has 6 heteroatoms. The van der Waals surface area contributed by atoms with Crippen molar-refractivity contribution >= 4 is 12.0 Å². The summed E-state index contributed by atoms with van der Waals surface area (Å²) in [4.78, 5) is 33.0. The summed E-state index contributed by atoms with van der Waals surface area (Å²) in [5.74, 6) is 1.33. The minimum Gasteiger partial charge on any atom is -0.444 e. The fraction of sp³-hybridized carbons (Fsp3) is 0.696. The van der Waals surface area contributed by atoms with Gasteiger partial charge in [0.25, 0.3) is 0 Å². The van der Waals surface area contributed by atoms with Gasteiger partial charge in [-0.15, -0.1) is 0 Å². The van der Waals surface area contributed by atoms with Crippen molar-refractivity contribution in [3.05, 3.63) is 30.1 Å². The fourth-order valence-corrected chi connectivity index (χ4v) is 4.52. The van der Waals surface area contributed by atoms with Crippen LogP contribution in [-0.2, 0) is 9.53 Å². The predicted octanol–water partition coefficient (Wildman–Crippen LogP) is 4.07. The Balaban J connectivity index is 1.43. The molecular formula is C23H35N3O3. The van der Waals surface area contributed by atoms with Crippen molar-refractivity contribution in [1.29, 1.82) is 0 Å². The van der Waals surface area contributed by atoms with Crippen LogP contribution >= 0.6 is 0 Å². The molecule has 3 rings (SSSR count). The summed E-state index contributed by atoms with van der Waals surface area (Å²) in [6.07, 6.45) is 8.24. The lowest BCUT2D eigenvalue weighted by atomic mass is 9.81. The van der Waals surface area contributed by atoms with Gasteiger partial charge in [-0.05, 0) is 76.5 Å². The number of rotatable bonds is 4. The van der Waals surface area contributed by atoms with Crippen LogP contribution in [0.3, 0.4) is 0 Å². The maximum absolute atomic E-state index is 13.0. The molecule has 29 heavy (non-hydrogen) atoms. The zero-order valence-electron chi connectivity index (χ0n) is 18.3. The Labute approximate surface area is 174 Å². The lowest BCUT2D eigenvalue weighted by Gasteiger charge is -2.33. The molecule has 0 N–H and O–H groups in total. The second-order valence-electron chi connectivity index (χ2n) is 9.63. The molecule has 1 aromatic heterocycles. The molecule has 1 unspecified atom stereocenters. The van der Waals surface area contributed by atoms with Crippen LogP contribution in [0.5, 0.6) is 0 Å². The Kier molecular flexibility index (Phi) is 6.81. The zero-order chi connectivity index (χ0) is 21.0. The second-order valence-corrected chi connectivity index (χ2v) is 9.63. The van der Waals surface area contributed by atoms with Crippen molar-refractivity contribution in [2.24, 2.45) is 11.8 Å². The van der Waals surface area contributed by atoms with E-state index in [0.717, 1.165) is 45.2 Å². The fourth-order valence-electron chi connectivity index (χ4n) is 4.52. The summed E-state index contributed by atoms with van der Waals surface area (Å²) in [5.41, 5.74) is 0.809. The molecule has 1 atom stereocenters. The van der Waals surface area contributed by atoms with E-state index in [-0.39, 0.29) is 12.0 Å². The van der Waals surface area contributed by atoms with Crippen LogP contribution in [-0.4, -0.2) is 59.1 Å². The van der Waals surface area contributed by atoms with E-state index < -0.39 is 5.60 Å². The van der Waals surface area contributed by atoms with Gasteiger partial charge in [0.05, 0.1) is 0 Å². The van der Waals surface area contributed by atoms with E-state index in [4.69, 9.17) is 4.74 Å². The van der Waals surface area contributed by atoms with Crippen molar-refractivity contribution in [2.45, 2.75) is 64.4 Å². The van der Waals surface area contributed by atoms with E-state index in [2.05, 4.69) is 22.0 Å². The smallest absolute Gasteiger partial charge is 0.410 e. The van der Waals surface area contributed by atoms with Crippen LogP contribution in [0.2, 0.25) is 0 Å². The van der Waals surface area contributed by atoms with Gasteiger partial charge in [0.2, 0.25) is 5.91 Å². The first-order chi connectivity index (χ1) is 13.7. The number of aromatic nitrogens is 1. The summed E-state index contributed by atoms with van der Waals surface area (Å²) >= 11 is 0. The zero-order valence-corrected chi connectivity index (χ0v) is 18.3. The second kappa shape index (κ2) is 9.14. The van der Waals surface area contributed by atoms with E-state index in [1.165, 1.54) is 5.56 Å². The monoisotopic (exact) mass is 401 g/mol. The molecule has 2 aliphatic rings. The standard InChI is InChI=1S/C23H35N3O3/c1-23(2,3)29-22(28)25(4)15-17-5-7-19(8-6-17)21(27)26-14-11-20(16-26)18-9-12-24-13-10-18/h9-10,12-13,17,19-20H,5-8,11,14-16H2,1-4H3. The van der Waals surface area contributed by atoms with Crippen LogP contribution in [0.25, 0.3) is 0 Å². The summed E-state index contributed by atoms with van der Waals surface area (Å²) in [6.45, 7) is 8.02. The lowest BCUT2D eigenvalue weighted by Crippen LogP contribution is -2.39. The summed E-state index contributed by atoms with van der Waals surface area (Å²) in [7, 11) is 1.80. The van der Waals surface area contributed by atoms with Crippen molar-refractivity contribution < 1.29 is 14.3 Å². The normalized spacial score (nSPS) is 25.0. The van der Waals surface area contributed by atoms with Crippen LogP contribution in [0, 0.1) is 11.8 Å². The molecule has 2 fully saturated rings. The molecule has 1 aliphatic heterocycles. The molecule has 1 saturated heterocycles. The third kappa shape index (κ3) is 5.94. The number of carbonyl (C=O) groups excluding carboxylic acids is 2. The molecule has 0 radical (unpaired) electrons. The van der Waals surface area contributed by atoms with Gasteiger partial charge < -0.3 is 14.5 Å². The van der Waals surface area contributed by atoms with Crippen LogP contribution in [0.4, 0.5) is 4.79 Å². The van der Waals surface area contributed by atoms with Crippen LogP contribution in [0.1, 0.15) is 64.4 Å². The SMILES string of the molecule is CN(CC1CCC(C(=O)N2CCC(c3ccncc3)C2)CC1)C(=O)OC(C)(C)C. The van der Waals surface area contributed by atoms with Crippen molar-refractivity contribution in [2.75, 3.05) is 26.7 Å². The number of amides is 2. The number of likely N-dealkylation sites (tertiary alicyclic amines) is 1. The maximum Gasteiger partial charge on any atom is 0.410 e. The van der Waals surface area contributed by atoms with Gasteiger partial charge in [0, 0.05) is 50.9 Å². The summed E-state index contributed by atoms with van der Waals surface area (Å²) < 4.78 is 5.44. The molecule has 0 spiro atoms. The molecule has 2 heterocycles. The van der Waals surface area contributed by atoms with Gasteiger partial charge in [0.1, 0.15) is 5.60 Å². The van der Waals surface area contributed by atoms with E-state index in [0.29, 0.717) is 24.3 Å². The highest BCUT2D eigenvalue weighted by atomic mass is 16.6. The van der Waals surface area contributed by atoms with Gasteiger partial charge in [-0.1, -0.05) is 0 Å². The van der Waals surface area contributed by atoms with Crippen LogP contribution < -0.4 is 0 Å². The third-order valence-corrected chi connectivity index (χ3v) is 6.11.